The van der Waals surface area contributed by atoms with Crippen LogP contribution in [0.4, 0.5) is 21.0 Å². The van der Waals surface area contributed by atoms with Gasteiger partial charge in [0.05, 0.1) is 13.2 Å². The van der Waals surface area contributed by atoms with Crippen molar-refractivity contribution in [3.05, 3.63) is 54.1 Å². The lowest BCUT2D eigenvalue weighted by Crippen LogP contribution is -2.45. The second-order valence-electron chi connectivity index (χ2n) is 20.2. The topological polar surface area (TPSA) is 142 Å². The molecule has 13 nitrogen and oxygen atoms in total. The third kappa shape index (κ3) is 18.0. The average molecular weight is 874 g/mol. The van der Waals surface area contributed by atoms with Gasteiger partial charge in [-0.05, 0) is 126 Å². The summed E-state index contributed by atoms with van der Waals surface area (Å²) >= 11 is 0. The Bertz CT molecular complexity index is 1670. The number of hydrogen-bond acceptors (Lipinski definition) is 11. The smallest absolute Gasteiger partial charge is 0.414 e. The lowest BCUT2D eigenvalue weighted by molar-refractivity contribution is -0.158. The van der Waals surface area contributed by atoms with Crippen LogP contribution in [-0.2, 0) is 39.3 Å². The second-order valence-corrected chi connectivity index (χ2v) is 29.8. The van der Waals surface area contributed by atoms with Crippen LogP contribution in [0.25, 0.3) is 0 Å². The van der Waals surface area contributed by atoms with Crippen LogP contribution in [0.15, 0.2) is 48.5 Å². The molecule has 15 heteroatoms. The van der Waals surface area contributed by atoms with Crippen LogP contribution in [0.2, 0.25) is 36.3 Å². The van der Waals surface area contributed by atoms with E-state index in [1.54, 1.807) is 72.9 Å². The molecule has 2 aromatic carbocycles. The van der Waals surface area contributed by atoms with Crippen molar-refractivity contribution in [1.82, 2.24) is 5.32 Å². The van der Waals surface area contributed by atoms with Gasteiger partial charge in [0.25, 0.3) is 0 Å². The zero-order chi connectivity index (χ0) is 45.9. The SMILES string of the molecule is CN(C(=O)OCc1ccc(OC(=O)N[C@@H](CCC(=O)OC(C)(C)C)C(=O)OC(C)(C)C)cc1)c1ccc(N(CCO[Si](C)(C)C(C)(C)C)CCO[Si](C)(C)C(C)(C)C)cc1. The van der Waals surface area contributed by atoms with E-state index in [1.165, 1.54) is 4.90 Å². The van der Waals surface area contributed by atoms with Crippen molar-refractivity contribution < 1.29 is 47.0 Å². The third-order valence-electron chi connectivity index (χ3n) is 10.7. The lowest BCUT2D eigenvalue weighted by Gasteiger charge is -2.38. The number of rotatable bonds is 18. The summed E-state index contributed by atoms with van der Waals surface area (Å²) in [7, 11) is -2.19. The summed E-state index contributed by atoms with van der Waals surface area (Å²) in [5.74, 6) is -1.01. The minimum Gasteiger partial charge on any atom is -0.460 e. The van der Waals surface area contributed by atoms with Crippen LogP contribution in [0.1, 0.15) is 101 Å². The third-order valence-corrected chi connectivity index (χ3v) is 19.7. The molecule has 0 radical (unpaired) electrons. The van der Waals surface area contributed by atoms with Gasteiger partial charge in [0.15, 0.2) is 16.6 Å². The van der Waals surface area contributed by atoms with Crippen LogP contribution in [0.3, 0.4) is 0 Å². The first-order valence-electron chi connectivity index (χ1n) is 20.9. The van der Waals surface area contributed by atoms with Crippen LogP contribution < -0.4 is 19.9 Å². The molecule has 0 saturated carbocycles. The molecule has 60 heavy (non-hydrogen) atoms. The highest BCUT2D eigenvalue weighted by Crippen LogP contribution is 2.37. The maximum atomic E-state index is 13.1. The van der Waals surface area contributed by atoms with Crippen molar-refractivity contribution in [3.63, 3.8) is 0 Å². The Balaban J connectivity index is 2.04. The standard InChI is InChI=1S/C45H75N3O10Si2/c1-42(2,3)57-38(49)27-26-37(39(50)58-43(4,5)6)46-40(51)56-36-24-18-33(19-25-36)32-53-41(52)47(13)34-20-22-35(23-21-34)48(28-30-54-59(14,15)44(7,8)9)29-31-55-60(16,17)45(10,11)12/h18-25,37H,26-32H2,1-17H3,(H,46,51)/t37-/m0/s1. The van der Waals surface area contributed by atoms with Gasteiger partial charge in [-0.3, -0.25) is 9.69 Å². The Morgan fingerprint density at radius 1 is 0.667 bits per heavy atom. The van der Waals surface area contributed by atoms with Gasteiger partial charge in [0.1, 0.15) is 29.6 Å². The maximum absolute atomic E-state index is 13.1. The van der Waals surface area contributed by atoms with Crippen molar-refractivity contribution in [2.75, 3.05) is 43.2 Å². The van der Waals surface area contributed by atoms with Gasteiger partial charge in [0.2, 0.25) is 0 Å². The monoisotopic (exact) mass is 873 g/mol. The molecule has 338 valence electrons. The molecule has 0 fully saturated rings. The molecule has 0 saturated heterocycles. The Morgan fingerprint density at radius 2 is 1.13 bits per heavy atom. The zero-order valence-corrected chi connectivity index (χ0v) is 41.6. The summed E-state index contributed by atoms with van der Waals surface area (Å²) in [6.07, 6.45) is -1.59. The predicted octanol–water partition coefficient (Wildman–Crippen LogP) is 10.2. The van der Waals surface area contributed by atoms with Crippen LogP contribution in [-0.4, -0.2) is 91.4 Å². The Morgan fingerprint density at radius 3 is 1.58 bits per heavy atom. The first kappa shape index (κ1) is 52.2. The molecule has 0 heterocycles. The van der Waals surface area contributed by atoms with E-state index in [2.05, 4.69) is 77.9 Å². The highest BCUT2D eigenvalue weighted by atomic mass is 28.4. The second kappa shape index (κ2) is 21.2. The van der Waals surface area contributed by atoms with E-state index in [0.717, 1.165) is 5.69 Å². The summed E-state index contributed by atoms with van der Waals surface area (Å²) in [6.45, 7) is 35.5. The molecule has 0 aliphatic heterocycles. The van der Waals surface area contributed by atoms with E-state index in [0.29, 0.717) is 37.6 Å². The normalized spacial score (nSPS) is 13.2. The van der Waals surface area contributed by atoms with Crippen molar-refractivity contribution >= 4 is 52.1 Å². The summed E-state index contributed by atoms with van der Waals surface area (Å²) in [4.78, 5) is 54.8. The molecule has 0 spiro atoms. The zero-order valence-electron chi connectivity index (χ0n) is 39.6. The van der Waals surface area contributed by atoms with Gasteiger partial charge < -0.3 is 38.0 Å². The van der Waals surface area contributed by atoms with Crippen LogP contribution >= 0.6 is 0 Å². The molecule has 2 rings (SSSR count). The fourth-order valence-corrected chi connectivity index (χ4v) is 7.14. The molecule has 2 aromatic rings. The Kier molecular flexibility index (Phi) is 18.5. The predicted molar refractivity (Wildman–Crippen MR) is 244 cm³/mol. The van der Waals surface area contributed by atoms with E-state index in [4.69, 9.17) is 27.8 Å². The number of amides is 2. The molecular formula is C45H75N3O10Si2. The fraction of sp³-hybridized carbons (Fsp3) is 0.644. The lowest BCUT2D eigenvalue weighted by atomic mass is 10.1. The Hall–Kier alpha value is -3.93. The molecular weight excluding hydrogens is 799 g/mol. The van der Waals surface area contributed by atoms with E-state index in [1.807, 2.05) is 24.3 Å². The van der Waals surface area contributed by atoms with Crippen LogP contribution in [0.5, 0.6) is 5.75 Å². The highest BCUT2D eigenvalue weighted by molar-refractivity contribution is 6.74. The van der Waals surface area contributed by atoms with Gasteiger partial charge in [-0.15, -0.1) is 0 Å². The highest BCUT2D eigenvalue weighted by Gasteiger charge is 2.38. The number of ether oxygens (including phenoxy) is 4. The van der Waals surface area contributed by atoms with E-state index in [-0.39, 0.29) is 35.3 Å². The number of carbonyl (C=O) groups is 4. The molecule has 0 aliphatic rings. The molecule has 2 amide bonds. The molecule has 0 aliphatic carbocycles. The fourth-order valence-electron chi connectivity index (χ4n) is 5.07. The number of carbonyl (C=O) groups excluding carboxylic acids is 4. The summed E-state index contributed by atoms with van der Waals surface area (Å²) < 4.78 is 34.9. The summed E-state index contributed by atoms with van der Waals surface area (Å²) in [5.41, 5.74) is 0.844. The van der Waals surface area contributed by atoms with Crippen molar-refractivity contribution in [2.45, 2.75) is 156 Å². The Labute approximate surface area is 362 Å². The van der Waals surface area contributed by atoms with Gasteiger partial charge >= 0.3 is 24.1 Å². The van der Waals surface area contributed by atoms with Gasteiger partial charge in [-0.25, -0.2) is 14.4 Å². The maximum Gasteiger partial charge on any atom is 0.414 e. The minimum absolute atomic E-state index is 0.0185. The molecule has 0 aromatic heterocycles. The number of hydrogen-bond donors (Lipinski definition) is 1. The number of anilines is 2. The molecule has 1 atom stereocenters. The number of nitrogens with zero attached hydrogens (tertiary/aromatic N) is 2. The van der Waals surface area contributed by atoms with Crippen LogP contribution in [0, 0.1) is 0 Å². The summed E-state index contributed by atoms with van der Waals surface area (Å²) in [5, 5.41) is 2.74. The summed E-state index contributed by atoms with van der Waals surface area (Å²) in [6, 6.07) is 13.1. The van der Waals surface area contributed by atoms with E-state index in [9.17, 15) is 19.2 Å². The average Bonchev–Trinajstić information content (AvgIpc) is 3.09. The number of nitrogens with one attached hydrogen (secondary N) is 1. The minimum atomic E-state index is -1.92. The first-order chi connectivity index (χ1) is 27.3. The number of esters is 2. The van der Waals surface area contributed by atoms with Crippen molar-refractivity contribution in [1.29, 1.82) is 0 Å². The largest absolute Gasteiger partial charge is 0.460 e. The molecule has 1 N–H and O–H groups in total. The molecule has 0 unspecified atom stereocenters. The van der Waals surface area contributed by atoms with Crippen molar-refractivity contribution in [3.8, 4) is 5.75 Å². The number of benzene rings is 2. The van der Waals surface area contributed by atoms with Gasteiger partial charge in [-0.1, -0.05) is 53.7 Å². The quantitative estimate of drug-likeness (QED) is 0.0869. The van der Waals surface area contributed by atoms with E-state index >= 15 is 0 Å². The van der Waals surface area contributed by atoms with Crippen molar-refractivity contribution in [2.24, 2.45) is 0 Å². The van der Waals surface area contributed by atoms with Gasteiger partial charge in [-0.2, -0.15) is 0 Å². The van der Waals surface area contributed by atoms with Gasteiger partial charge in [0, 0.05) is 37.9 Å². The van der Waals surface area contributed by atoms with E-state index < -0.39 is 58.0 Å². The molecule has 0 bridgehead atoms. The first-order valence-corrected chi connectivity index (χ1v) is 26.7.